The fourth-order valence-electron chi connectivity index (χ4n) is 2.39. The first-order valence-electron chi connectivity index (χ1n) is 5.40. The Kier molecular flexibility index (Phi) is 3.17. The number of likely N-dealkylation sites (tertiary alicyclic amines) is 1. The third kappa shape index (κ3) is 2.20. The highest BCUT2D eigenvalue weighted by Crippen LogP contribution is 2.30. The summed E-state index contributed by atoms with van der Waals surface area (Å²) in [5.41, 5.74) is 5.80. The van der Waals surface area contributed by atoms with Crippen molar-refractivity contribution in [2.45, 2.75) is 43.5 Å². The van der Waals surface area contributed by atoms with Crippen molar-refractivity contribution in [3.8, 4) is 0 Å². The van der Waals surface area contributed by atoms with Gasteiger partial charge in [0, 0.05) is 23.9 Å². The number of rotatable bonds is 3. The lowest BCUT2D eigenvalue weighted by Crippen LogP contribution is -2.49. The Labute approximate surface area is 85.2 Å². The van der Waals surface area contributed by atoms with Gasteiger partial charge in [-0.3, -0.25) is 4.90 Å². The van der Waals surface area contributed by atoms with Crippen molar-refractivity contribution in [1.82, 2.24) is 4.90 Å². The van der Waals surface area contributed by atoms with Crippen LogP contribution in [0.25, 0.3) is 0 Å². The Morgan fingerprint density at radius 3 is 2.85 bits per heavy atom. The van der Waals surface area contributed by atoms with E-state index in [2.05, 4.69) is 23.6 Å². The minimum atomic E-state index is 0.503. The van der Waals surface area contributed by atoms with Crippen molar-refractivity contribution in [1.29, 1.82) is 0 Å². The third-order valence-corrected chi connectivity index (χ3v) is 4.43. The van der Waals surface area contributed by atoms with Crippen LogP contribution in [-0.4, -0.2) is 41.1 Å². The molecule has 0 aromatic rings. The maximum absolute atomic E-state index is 5.80. The topological polar surface area (TPSA) is 29.3 Å². The molecule has 2 N–H and O–H groups in total. The summed E-state index contributed by atoms with van der Waals surface area (Å²) in [7, 11) is 0. The van der Waals surface area contributed by atoms with Crippen LogP contribution in [0.3, 0.4) is 0 Å². The molecule has 76 valence electrons. The van der Waals surface area contributed by atoms with Gasteiger partial charge in [-0.1, -0.05) is 6.92 Å². The SMILES string of the molecule is CCSC1CCN(C2CC(N)C2)C1. The van der Waals surface area contributed by atoms with E-state index < -0.39 is 0 Å². The number of hydrogen-bond acceptors (Lipinski definition) is 3. The molecule has 0 aromatic heterocycles. The second-order valence-corrected chi connectivity index (χ2v) is 5.82. The van der Waals surface area contributed by atoms with E-state index in [1.807, 2.05) is 0 Å². The van der Waals surface area contributed by atoms with E-state index in [9.17, 15) is 0 Å². The minimum absolute atomic E-state index is 0.503. The van der Waals surface area contributed by atoms with Crippen molar-refractivity contribution in [2.24, 2.45) is 5.73 Å². The van der Waals surface area contributed by atoms with Crippen molar-refractivity contribution in [3.63, 3.8) is 0 Å². The molecule has 2 aliphatic rings. The lowest BCUT2D eigenvalue weighted by molar-refractivity contribution is 0.138. The van der Waals surface area contributed by atoms with Gasteiger partial charge >= 0.3 is 0 Å². The minimum Gasteiger partial charge on any atom is -0.328 e. The molecular weight excluding hydrogens is 180 g/mol. The molecule has 1 saturated heterocycles. The molecule has 3 heteroatoms. The van der Waals surface area contributed by atoms with Crippen molar-refractivity contribution < 1.29 is 0 Å². The van der Waals surface area contributed by atoms with E-state index in [1.165, 1.54) is 38.1 Å². The molecule has 0 bridgehead atoms. The molecule has 1 saturated carbocycles. The summed E-state index contributed by atoms with van der Waals surface area (Å²) in [6.07, 6.45) is 3.87. The monoisotopic (exact) mass is 200 g/mol. The van der Waals surface area contributed by atoms with Crippen LogP contribution in [0.2, 0.25) is 0 Å². The predicted octanol–water partition coefficient (Wildman–Crippen LogP) is 1.30. The summed E-state index contributed by atoms with van der Waals surface area (Å²) in [6, 6.07) is 1.33. The van der Waals surface area contributed by atoms with Crippen LogP contribution in [0.15, 0.2) is 0 Å². The zero-order valence-electron chi connectivity index (χ0n) is 8.41. The lowest BCUT2D eigenvalue weighted by Gasteiger charge is -2.39. The highest BCUT2D eigenvalue weighted by molar-refractivity contribution is 7.99. The van der Waals surface area contributed by atoms with Gasteiger partial charge in [0.2, 0.25) is 0 Å². The van der Waals surface area contributed by atoms with Crippen LogP contribution in [0.4, 0.5) is 0 Å². The molecule has 1 unspecified atom stereocenters. The Balaban J connectivity index is 1.72. The predicted molar refractivity (Wildman–Crippen MR) is 59.1 cm³/mol. The van der Waals surface area contributed by atoms with Crippen LogP contribution in [0, 0.1) is 0 Å². The summed E-state index contributed by atoms with van der Waals surface area (Å²) in [4.78, 5) is 2.65. The van der Waals surface area contributed by atoms with E-state index in [0.717, 1.165) is 11.3 Å². The molecule has 2 nitrogen and oxygen atoms in total. The summed E-state index contributed by atoms with van der Waals surface area (Å²) < 4.78 is 0. The molecular formula is C10H20N2S. The summed E-state index contributed by atoms with van der Waals surface area (Å²) in [5, 5.41) is 0.904. The second-order valence-electron chi connectivity index (χ2n) is 4.25. The second kappa shape index (κ2) is 4.20. The van der Waals surface area contributed by atoms with Crippen LogP contribution in [0.5, 0.6) is 0 Å². The van der Waals surface area contributed by atoms with Crippen molar-refractivity contribution in [3.05, 3.63) is 0 Å². The molecule has 0 aromatic carbocycles. The highest BCUT2D eigenvalue weighted by atomic mass is 32.2. The Morgan fingerprint density at radius 2 is 2.23 bits per heavy atom. The van der Waals surface area contributed by atoms with Gasteiger partial charge in [-0.15, -0.1) is 0 Å². The first kappa shape index (κ1) is 9.81. The fraction of sp³-hybridized carbons (Fsp3) is 1.00. The average Bonchev–Trinajstić information content (AvgIpc) is 2.48. The lowest BCUT2D eigenvalue weighted by atomic mass is 9.86. The molecule has 1 aliphatic heterocycles. The maximum Gasteiger partial charge on any atom is 0.0187 e. The molecule has 1 atom stereocenters. The van der Waals surface area contributed by atoms with Gasteiger partial charge in [0.05, 0.1) is 0 Å². The number of thioether (sulfide) groups is 1. The molecule has 0 spiro atoms. The molecule has 0 amide bonds. The smallest absolute Gasteiger partial charge is 0.0187 e. The Bertz CT molecular complexity index is 168. The van der Waals surface area contributed by atoms with Crippen molar-refractivity contribution in [2.75, 3.05) is 18.8 Å². The number of nitrogens with two attached hydrogens (primary N) is 1. The van der Waals surface area contributed by atoms with Crippen LogP contribution in [0.1, 0.15) is 26.2 Å². The normalized spacial score (nSPS) is 40.6. The standard InChI is InChI=1S/C10H20N2S/c1-2-13-10-3-4-12(7-10)9-5-8(11)6-9/h8-10H,2-7,11H2,1H3. The largest absolute Gasteiger partial charge is 0.328 e. The summed E-state index contributed by atoms with van der Waals surface area (Å²) in [5.74, 6) is 1.27. The Hall–Kier alpha value is 0.270. The molecule has 2 rings (SSSR count). The van der Waals surface area contributed by atoms with Gasteiger partial charge in [-0.2, -0.15) is 11.8 Å². The number of hydrogen-bond donors (Lipinski definition) is 1. The fourth-order valence-corrected chi connectivity index (χ4v) is 3.43. The van der Waals surface area contributed by atoms with Gasteiger partial charge in [0.1, 0.15) is 0 Å². The zero-order chi connectivity index (χ0) is 9.26. The van der Waals surface area contributed by atoms with Gasteiger partial charge < -0.3 is 5.73 Å². The van der Waals surface area contributed by atoms with E-state index in [1.54, 1.807) is 0 Å². The van der Waals surface area contributed by atoms with Gasteiger partial charge in [0.25, 0.3) is 0 Å². The Morgan fingerprint density at radius 1 is 1.46 bits per heavy atom. The molecule has 2 fully saturated rings. The highest BCUT2D eigenvalue weighted by Gasteiger charge is 2.35. The molecule has 1 heterocycles. The number of nitrogens with zero attached hydrogens (tertiary/aromatic N) is 1. The zero-order valence-corrected chi connectivity index (χ0v) is 9.22. The molecule has 1 aliphatic carbocycles. The summed E-state index contributed by atoms with van der Waals surface area (Å²) >= 11 is 2.12. The van der Waals surface area contributed by atoms with Gasteiger partial charge in [-0.05, 0) is 31.6 Å². The van der Waals surface area contributed by atoms with Crippen LogP contribution in [-0.2, 0) is 0 Å². The average molecular weight is 200 g/mol. The first-order chi connectivity index (χ1) is 6.29. The van der Waals surface area contributed by atoms with E-state index >= 15 is 0 Å². The van der Waals surface area contributed by atoms with Gasteiger partial charge in [-0.25, -0.2) is 0 Å². The summed E-state index contributed by atoms with van der Waals surface area (Å²) in [6.45, 7) is 4.89. The maximum atomic E-state index is 5.80. The van der Waals surface area contributed by atoms with Crippen LogP contribution >= 0.6 is 11.8 Å². The van der Waals surface area contributed by atoms with Gasteiger partial charge in [0.15, 0.2) is 0 Å². The first-order valence-corrected chi connectivity index (χ1v) is 6.45. The molecule has 0 radical (unpaired) electrons. The van der Waals surface area contributed by atoms with E-state index in [4.69, 9.17) is 5.73 Å². The molecule has 13 heavy (non-hydrogen) atoms. The van der Waals surface area contributed by atoms with Crippen molar-refractivity contribution >= 4 is 11.8 Å². The van der Waals surface area contributed by atoms with E-state index in [0.29, 0.717) is 6.04 Å². The van der Waals surface area contributed by atoms with Crippen LogP contribution < -0.4 is 5.73 Å². The third-order valence-electron chi connectivity index (χ3n) is 3.24. The quantitative estimate of drug-likeness (QED) is 0.744. The van der Waals surface area contributed by atoms with E-state index in [-0.39, 0.29) is 0 Å².